The van der Waals surface area contributed by atoms with Gasteiger partial charge < -0.3 is 46.4 Å². The lowest BCUT2D eigenvalue weighted by molar-refractivity contribution is -0.661. The molecule has 1 fully saturated rings. The van der Waals surface area contributed by atoms with Crippen molar-refractivity contribution in [3.05, 3.63) is 83.9 Å². The van der Waals surface area contributed by atoms with Crippen LogP contribution in [0.5, 0.6) is 0 Å². The van der Waals surface area contributed by atoms with Gasteiger partial charge in [-0.1, -0.05) is 48.5 Å². The van der Waals surface area contributed by atoms with Crippen LogP contribution in [0.3, 0.4) is 0 Å². The molecule has 19 heteroatoms. The second-order valence-corrected chi connectivity index (χ2v) is 12.0. The molecule has 7 N–H and O–H groups in total. The SMILES string of the molecule is O=C([O-])C(F)(F)F.O=C([O-])C(F)(F)F.[NH3+]CCNc1cc(NCc2ccccc2)c(C(=O)N2CC[NH2+]CC2)cc1S(=O)(=O)c1ccccc1. The lowest BCUT2D eigenvalue weighted by Crippen LogP contribution is -2.89. The first kappa shape index (κ1) is 40.3. The van der Waals surface area contributed by atoms with E-state index in [1.807, 2.05) is 30.3 Å². The first-order chi connectivity index (χ1) is 22.9. The molecule has 49 heavy (non-hydrogen) atoms. The largest absolute Gasteiger partial charge is 0.542 e. The van der Waals surface area contributed by atoms with Crippen molar-refractivity contribution >= 4 is 39.1 Å². The van der Waals surface area contributed by atoms with Crippen molar-refractivity contribution in [3.63, 3.8) is 0 Å². The first-order valence-corrected chi connectivity index (χ1v) is 15.8. The van der Waals surface area contributed by atoms with Crippen LogP contribution in [0.4, 0.5) is 37.7 Å². The number of hydrogen-bond donors (Lipinski definition) is 4. The Hall–Kier alpha value is -4.88. The van der Waals surface area contributed by atoms with E-state index in [0.29, 0.717) is 49.7 Å². The van der Waals surface area contributed by atoms with Gasteiger partial charge >= 0.3 is 12.4 Å². The maximum absolute atomic E-state index is 13.7. The van der Waals surface area contributed by atoms with E-state index < -0.39 is 34.1 Å². The summed E-state index contributed by atoms with van der Waals surface area (Å²) in [5.74, 6) is -6.18. The van der Waals surface area contributed by atoms with Gasteiger partial charge in [0.2, 0.25) is 9.84 Å². The van der Waals surface area contributed by atoms with Gasteiger partial charge in [0.25, 0.3) is 5.91 Å². The number of carboxylic acid groups (broad SMARTS) is 2. The number of quaternary nitrogens is 2. The van der Waals surface area contributed by atoms with Crippen molar-refractivity contribution in [3.8, 4) is 0 Å². The third-order valence-electron chi connectivity index (χ3n) is 6.47. The van der Waals surface area contributed by atoms with Crippen molar-refractivity contribution in [1.29, 1.82) is 0 Å². The molecule has 3 aromatic rings. The molecule has 0 aliphatic carbocycles. The van der Waals surface area contributed by atoms with E-state index in [1.54, 1.807) is 41.3 Å². The number of carbonyl (C=O) groups excluding carboxylic acids is 3. The number of amides is 1. The fourth-order valence-corrected chi connectivity index (χ4v) is 5.59. The van der Waals surface area contributed by atoms with E-state index in [4.69, 9.17) is 19.8 Å². The number of nitrogens with zero attached hydrogens (tertiary/aromatic N) is 1. The summed E-state index contributed by atoms with van der Waals surface area (Å²) in [6, 6.07) is 21.5. The summed E-state index contributed by atoms with van der Waals surface area (Å²) in [6.45, 7) is 4.51. The molecule has 0 bridgehead atoms. The molecule has 0 spiro atoms. The molecule has 0 unspecified atom stereocenters. The number of benzene rings is 3. The lowest BCUT2D eigenvalue weighted by Gasteiger charge is -2.27. The number of aliphatic carboxylic acids is 2. The van der Waals surface area contributed by atoms with E-state index in [2.05, 4.69) is 21.7 Å². The number of alkyl halides is 6. The summed E-state index contributed by atoms with van der Waals surface area (Å²) in [4.78, 5) is 33.3. The van der Waals surface area contributed by atoms with Crippen LogP contribution in [-0.4, -0.2) is 82.8 Å². The average Bonchev–Trinajstić information content (AvgIpc) is 3.06. The van der Waals surface area contributed by atoms with Crippen LogP contribution in [0.1, 0.15) is 15.9 Å². The van der Waals surface area contributed by atoms with Crippen LogP contribution in [0.15, 0.2) is 82.6 Å². The molecule has 0 atom stereocenters. The summed E-state index contributed by atoms with van der Waals surface area (Å²) in [5.41, 5.74) is 6.34. The van der Waals surface area contributed by atoms with E-state index in [-0.39, 0.29) is 15.7 Å². The van der Waals surface area contributed by atoms with E-state index in [9.17, 15) is 39.6 Å². The minimum atomic E-state index is -5.19. The van der Waals surface area contributed by atoms with Gasteiger partial charge in [-0.25, -0.2) is 8.42 Å². The number of rotatable bonds is 9. The molecule has 1 saturated heterocycles. The van der Waals surface area contributed by atoms with Gasteiger partial charge in [-0.3, -0.25) is 4.79 Å². The fourth-order valence-electron chi connectivity index (χ4n) is 4.13. The van der Waals surface area contributed by atoms with Crippen LogP contribution in [0.25, 0.3) is 0 Å². The van der Waals surface area contributed by atoms with Gasteiger partial charge in [-0.05, 0) is 29.8 Å². The quantitative estimate of drug-likeness (QED) is 0.208. The monoisotopic (exact) mass is 721 g/mol. The normalized spacial score (nSPS) is 13.2. The molecule has 1 aliphatic heterocycles. The fraction of sp³-hybridized carbons (Fsp3) is 0.300. The maximum Gasteiger partial charge on any atom is 0.430 e. The van der Waals surface area contributed by atoms with E-state index in [1.165, 1.54) is 6.07 Å². The lowest BCUT2D eigenvalue weighted by atomic mass is 10.1. The minimum absolute atomic E-state index is 0.0920. The van der Waals surface area contributed by atoms with Crippen molar-refractivity contribution in [1.82, 2.24) is 4.90 Å². The van der Waals surface area contributed by atoms with Crippen LogP contribution in [-0.2, 0) is 26.0 Å². The predicted molar refractivity (Wildman–Crippen MR) is 158 cm³/mol. The van der Waals surface area contributed by atoms with Crippen LogP contribution < -0.4 is 31.9 Å². The highest BCUT2D eigenvalue weighted by molar-refractivity contribution is 7.91. The van der Waals surface area contributed by atoms with Crippen molar-refractivity contribution < 1.29 is 70.4 Å². The Morgan fingerprint density at radius 2 is 1.29 bits per heavy atom. The standard InChI is InChI=1S/C26H31N5O3S.2C2HF3O2/c27-11-12-29-24-18-23(30-19-20-7-3-1-4-8-20)22(26(32)31-15-13-28-14-16-31)17-25(24)35(33,34)21-9-5-2-6-10-21;2*3-2(4,5)1(6)7/h1-10,17-18,28-30H,11-16,19,27H2;2*(H,6,7). The number of nitrogens with one attached hydrogen (secondary N) is 2. The van der Waals surface area contributed by atoms with Crippen molar-refractivity contribution in [2.24, 2.45) is 0 Å². The number of piperazine rings is 1. The highest BCUT2D eigenvalue weighted by Crippen LogP contribution is 2.34. The third kappa shape index (κ3) is 12.6. The molecule has 0 radical (unpaired) electrons. The van der Waals surface area contributed by atoms with E-state index in [0.717, 1.165) is 18.7 Å². The first-order valence-electron chi connectivity index (χ1n) is 14.4. The number of sulfone groups is 1. The zero-order valence-corrected chi connectivity index (χ0v) is 26.5. The highest BCUT2D eigenvalue weighted by atomic mass is 32.2. The topological polar surface area (TPSA) is 203 Å². The highest BCUT2D eigenvalue weighted by Gasteiger charge is 2.30. The third-order valence-corrected chi connectivity index (χ3v) is 8.28. The van der Waals surface area contributed by atoms with Gasteiger partial charge in [0.05, 0.1) is 60.3 Å². The smallest absolute Gasteiger partial charge is 0.430 e. The maximum atomic E-state index is 13.7. The van der Waals surface area contributed by atoms with Crippen LogP contribution >= 0.6 is 0 Å². The molecular weight excluding hydrogens is 688 g/mol. The molecule has 1 heterocycles. The van der Waals surface area contributed by atoms with Gasteiger partial charge in [-0.15, -0.1) is 0 Å². The summed E-state index contributed by atoms with van der Waals surface area (Å²) in [7, 11) is -3.86. The van der Waals surface area contributed by atoms with Crippen molar-refractivity contribution in [2.75, 3.05) is 49.9 Å². The minimum Gasteiger partial charge on any atom is -0.542 e. The molecule has 1 aliphatic rings. The molecule has 12 nitrogen and oxygen atoms in total. The Bertz CT molecular complexity index is 1630. The number of carbonyl (C=O) groups is 3. The Labute approximate surface area is 276 Å². The zero-order valence-electron chi connectivity index (χ0n) is 25.6. The number of hydrogen-bond acceptors (Lipinski definition) is 9. The molecule has 0 saturated carbocycles. The number of nitrogens with two attached hydrogens (primary N) is 1. The molecule has 268 valence electrons. The molecular formula is C30H33F6N5O7S. The van der Waals surface area contributed by atoms with Crippen LogP contribution in [0.2, 0.25) is 0 Å². The molecule has 4 rings (SSSR count). The van der Waals surface area contributed by atoms with Crippen molar-refractivity contribution in [2.45, 2.75) is 28.7 Å². The predicted octanol–water partition coefficient (Wildman–Crippen LogP) is -0.598. The van der Waals surface area contributed by atoms with Gasteiger partial charge in [0.1, 0.15) is 11.9 Å². The molecule has 3 aromatic carbocycles. The zero-order chi connectivity index (χ0) is 36.8. The summed E-state index contributed by atoms with van der Waals surface area (Å²) >= 11 is 0. The van der Waals surface area contributed by atoms with E-state index >= 15 is 0 Å². The summed E-state index contributed by atoms with van der Waals surface area (Å²) in [6.07, 6.45) is -10.4. The number of anilines is 2. The second kappa shape index (κ2) is 18.0. The number of carboxylic acids is 2. The second-order valence-electron chi connectivity index (χ2n) is 10.1. The van der Waals surface area contributed by atoms with Gasteiger partial charge in [-0.2, -0.15) is 26.3 Å². The Balaban J connectivity index is 0.000000500. The molecule has 0 aromatic heterocycles. The summed E-state index contributed by atoms with van der Waals surface area (Å²) < 4.78 is 90.4. The Morgan fingerprint density at radius 1 is 0.796 bits per heavy atom. The van der Waals surface area contributed by atoms with Gasteiger partial charge in [0, 0.05) is 12.2 Å². The summed E-state index contributed by atoms with van der Waals surface area (Å²) in [5, 5.41) is 26.3. The number of halogens is 6. The Morgan fingerprint density at radius 3 is 1.76 bits per heavy atom. The average molecular weight is 722 g/mol. The Kier molecular flexibility index (Phi) is 14.8. The molecule has 1 amide bonds. The van der Waals surface area contributed by atoms with Gasteiger partial charge in [0.15, 0.2) is 0 Å². The van der Waals surface area contributed by atoms with Crippen LogP contribution in [0, 0.1) is 0 Å².